The Labute approximate surface area is 694 Å². The maximum Gasteiger partial charge on any atom is 0.402 e. The van der Waals surface area contributed by atoms with Gasteiger partial charge in [0, 0.05) is 60.7 Å². The summed E-state index contributed by atoms with van der Waals surface area (Å²) in [5.74, 6) is -5.73. The van der Waals surface area contributed by atoms with Crippen LogP contribution in [0.4, 0.5) is 71.8 Å². The van der Waals surface area contributed by atoms with Gasteiger partial charge < -0.3 is 19.6 Å². The second-order valence-corrected chi connectivity index (χ2v) is 29.8. The zero-order valence-electron chi connectivity index (χ0n) is 65.4. The number of fused-ring (bicyclic) bond motifs is 4. The number of amides is 8. The fraction of sp³-hybridized carbons (Fsp3) is 0.125. The molecule has 25 heteroatoms. The summed E-state index contributed by atoms with van der Waals surface area (Å²) in [6.07, 6.45) is -5.64. The number of hydrogen-bond donors (Lipinski definition) is 1. The van der Waals surface area contributed by atoms with Crippen molar-refractivity contribution in [3.63, 3.8) is 0 Å². The molecular weight excluding hydrogens is 1580 g/mol. The van der Waals surface area contributed by atoms with Gasteiger partial charge >= 0.3 is 18.3 Å². The average Bonchev–Trinajstić information content (AvgIpc) is 1.71. The molecule has 18 nitrogen and oxygen atoms in total. The number of alkyl halides is 6. The van der Waals surface area contributed by atoms with Crippen molar-refractivity contribution in [2.75, 3.05) is 33.7 Å². The Kier molecular flexibility index (Phi) is 22.6. The molecule has 16 rings (SSSR count). The molecule has 12 aromatic rings. The molecule has 4 aliphatic rings. The van der Waals surface area contributed by atoms with E-state index in [1.165, 1.54) is 44.4 Å². The number of phenolic OH excluding ortho intramolecular Hbond substituents is 1. The van der Waals surface area contributed by atoms with Gasteiger partial charge in [0.15, 0.2) is 0 Å². The molecule has 2 atom stereocenters. The van der Waals surface area contributed by atoms with E-state index >= 15 is 13.2 Å². The van der Waals surface area contributed by atoms with E-state index in [4.69, 9.17) is 16.3 Å². The Morgan fingerprint density at radius 3 is 1.03 bits per heavy atom. The number of nitrogens with zero attached hydrogens (tertiary/aromatic N) is 6. The van der Waals surface area contributed by atoms with E-state index in [1.54, 1.807) is 103 Å². The fourth-order valence-electron chi connectivity index (χ4n) is 14.7. The first-order valence-electron chi connectivity index (χ1n) is 37.8. The highest BCUT2D eigenvalue weighted by molar-refractivity contribution is 6.63. The Morgan fingerprint density at radius 2 is 0.686 bits per heavy atom. The largest absolute Gasteiger partial charge is 0.508 e. The number of aryl methyl sites for hydroxylation is 3. The second kappa shape index (κ2) is 33.0. The van der Waals surface area contributed by atoms with Crippen LogP contribution in [0.25, 0.3) is 6.08 Å². The van der Waals surface area contributed by atoms with Gasteiger partial charge in [0.1, 0.15) is 22.3 Å². The van der Waals surface area contributed by atoms with Gasteiger partial charge in [-0.25, -0.2) is 14.6 Å². The van der Waals surface area contributed by atoms with Crippen molar-refractivity contribution in [3.05, 3.63) is 374 Å². The van der Waals surface area contributed by atoms with Crippen LogP contribution in [-0.4, -0.2) is 99.8 Å². The molecule has 12 aromatic carbocycles. The maximum atomic E-state index is 15.1. The highest BCUT2D eigenvalue weighted by Gasteiger charge is 2.57. The number of hydrogen-bond acceptors (Lipinski definition) is 14. The first-order valence-corrected chi connectivity index (χ1v) is 38.2. The lowest BCUT2D eigenvalue weighted by molar-refractivity contribution is -0.173. The lowest BCUT2D eigenvalue weighted by Crippen LogP contribution is -2.41. The van der Waals surface area contributed by atoms with Gasteiger partial charge in [0.2, 0.25) is 5.24 Å². The van der Waals surface area contributed by atoms with Crippen LogP contribution < -0.4 is 24.3 Å². The molecule has 0 fully saturated rings. The van der Waals surface area contributed by atoms with Crippen LogP contribution in [0, 0.1) is 13.8 Å². The Morgan fingerprint density at radius 1 is 0.388 bits per heavy atom. The highest BCUT2D eigenvalue weighted by atomic mass is 35.5. The molecule has 0 aromatic heterocycles. The maximum absolute atomic E-state index is 15.1. The highest BCUT2D eigenvalue weighted by Crippen LogP contribution is 2.51. The van der Waals surface area contributed by atoms with E-state index in [0.29, 0.717) is 29.2 Å². The number of ether oxygens (including phenoxy) is 1. The van der Waals surface area contributed by atoms with Crippen LogP contribution in [0.3, 0.4) is 0 Å². The summed E-state index contributed by atoms with van der Waals surface area (Å²) in [6.45, 7) is 5.80. The summed E-state index contributed by atoms with van der Waals surface area (Å²) in [5, 5.41) is 9.58. The topological polar surface area (TPSA) is 220 Å². The summed E-state index contributed by atoms with van der Waals surface area (Å²) >= 11 is 5.19. The van der Waals surface area contributed by atoms with Crippen molar-refractivity contribution in [2.45, 2.75) is 63.7 Å². The lowest BCUT2D eigenvalue weighted by atomic mass is 9.74. The molecule has 1 N–H and O–H groups in total. The molecule has 0 saturated carbocycles. The molecule has 0 saturated heterocycles. The summed E-state index contributed by atoms with van der Waals surface area (Å²) in [6, 6.07) is 75.1. The number of anilines is 8. The van der Waals surface area contributed by atoms with Crippen LogP contribution in [0.5, 0.6) is 11.5 Å². The van der Waals surface area contributed by atoms with Crippen molar-refractivity contribution in [1.29, 1.82) is 0 Å². The van der Waals surface area contributed by atoms with Crippen LogP contribution in [-0.2, 0) is 26.8 Å². The van der Waals surface area contributed by atoms with E-state index in [1.807, 2.05) is 133 Å². The minimum Gasteiger partial charge on any atom is -0.508 e. The molecule has 4 heterocycles. The van der Waals surface area contributed by atoms with Crippen molar-refractivity contribution >= 4 is 122 Å². The number of carbonyl (C=O) groups is 10. The Bertz CT molecular complexity index is 6150. The lowest BCUT2D eigenvalue weighted by Gasteiger charge is -2.33. The average molecular weight is 1650 g/mol. The summed E-state index contributed by atoms with van der Waals surface area (Å²) in [5.41, 5.74) is 1.47. The zero-order chi connectivity index (χ0) is 86.3. The molecule has 0 spiro atoms. The Balaban J connectivity index is 0.000000178. The van der Waals surface area contributed by atoms with Crippen molar-refractivity contribution in [3.8, 4) is 11.5 Å². The molecule has 8 amide bonds. The first-order chi connectivity index (χ1) is 57.6. The van der Waals surface area contributed by atoms with Gasteiger partial charge in [-0.05, 0) is 255 Å². The van der Waals surface area contributed by atoms with Gasteiger partial charge in [-0.1, -0.05) is 120 Å². The number of halogens is 7. The van der Waals surface area contributed by atoms with E-state index < -0.39 is 76.4 Å². The van der Waals surface area contributed by atoms with E-state index in [-0.39, 0.29) is 89.1 Å². The molecular formula is C96H71ClF6N6O12. The first kappa shape index (κ1) is 82.9. The molecule has 2 unspecified atom stereocenters. The minimum absolute atomic E-state index is 0.00192. The van der Waals surface area contributed by atoms with Gasteiger partial charge in [-0.15, -0.1) is 0 Å². The SMILES string of the molecule is Cc1ccc(N(c2ccc(O)cc2)c2ccc(N3C(=O)c4ccc(C(C)(c5ccc6c(c5)C(=O)N(C)C6=O)C(F)(F)F)cc4C3=O)cc2)cc1.Cc1ccc(N(c2ccc(OC(=O)/C=C/c3ccccc3)cc2)c2ccc(N3C(=O)c4ccc(C(C)(c5ccc6c(c5)C(=O)N(C)C6=O)C(F)(F)F)cc4C3=O)cc2)cc1.O=C(Cl)CCc1ccccc1. The third-order valence-corrected chi connectivity index (χ3v) is 22.0. The fourth-order valence-corrected chi connectivity index (χ4v) is 14.8. The molecule has 0 bridgehead atoms. The normalized spacial score (nSPS) is 14.5. The molecule has 4 aliphatic heterocycles. The number of imide groups is 4. The van der Waals surface area contributed by atoms with Crippen molar-refractivity contribution < 1.29 is 84.1 Å². The summed E-state index contributed by atoms with van der Waals surface area (Å²) < 4.78 is 95.8. The van der Waals surface area contributed by atoms with Crippen molar-refractivity contribution in [1.82, 2.24) is 9.80 Å². The standard InChI is InChI=1S/C48H34F3N3O6.C39H28F3N3O5.C9H9ClO/c1-29-9-14-33(15-10-29)53(35-20-22-37(23-21-35)60-42(55)26-11-30-7-5-4-6-8-30)34-16-18-36(19-17-34)54-45(58)39-25-13-32(28-41(39)46(54)59)47(2,48(49,50)51)31-12-24-38-40(27-31)44(57)52(3)43(38)56;1-22-4-8-25(9-5-22)44(27-14-16-29(46)17-15-27)26-10-12-28(13-11-26)45-36(49)31-19-7-24(21-33(31)37(45)50)38(2,39(40,41)42)23-6-18-30-32(20-23)35(48)43(3)34(30)47;10-9(11)7-6-8-4-2-1-3-5-8/h4-28H,1-3H3;4-21,46H,1-3H3;1-5H,6-7H2/b26-11+;;. The zero-order valence-corrected chi connectivity index (χ0v) is 66.1. The Hall–Kier alpha value is -14.7. The predicted octanol–water partition coefficient (Wildman–Crippen LogP) is 20.4. The van der Waals surface area contributed by atoms with Crippen LogP contribution >= 0.6 is 11.6 Å². The number of aromatic hydroxyl groups is 1. The van der Waals surface area contributed by atoms with Gasteiger partial charge in [0.05, 0.1) is 55.9 Å². The molecule has 121 heavy (non-hydrogen) atoms. The second-order valence-electron chi connectivity index (χ2n) is 29.4. The van der Waals surface area contributed by atoms with Gasteiger partial charge in [0.25, 0.3) is 47.3 Å². The summed E-state index contributed by atoms with van der Waals surface area (Å²) in [4.78, 5) is 135. The van der Waals surface area contributed by atoms with E-state index in [0.717, 1.165) is 128 Å². The van der Waals surface area contributed by atoms with Gasteiger partial charge in [-0.2, -0.15) is 26.3 Å². The number of esters is 1. The van der Waals surface area contributed by atoms with Crippen LogP contribution in [0.15, 0.2) is 285 Å². The third kappa shape index (κ3) is 16.0. The predicted molar refractivity (Wildman–Crippen MR) is 446 cm³/mol. The number of phenols is 1. The van der Waals surface area contributed by atoms with E-state index in [9.17, 15) is 66.2 Å². The molecule has 606 valence electrons. The number of rotatable bonds is 18. The van der Waals surface area contributed by atoms with E-state index in [2.05, 4.69) is 0 Å². The van der Waals surface area contributed by atoms with Gasteiger partial charge in [-0.3, -0.25) is 53.0 Å². The van der Waals surface area contributed by atoms with Crippen molar-refractivity contribution in [2.24, 2.45) is 0 Å². The quantitative estimate of drug-likeness (QED) is 0.0211. The smallest absolute Gasteiger partial charge is 0.402 e. The minimum atomic E-state index is -4.91. The van der Waals surface area contributed by atoms with Crippen LogP contribution in [0.1, 0.15) is 148 Å². The monoisotopic (exact) mass is 1650 g/mol. The molecule has 0 radical (unpaired) electrons. The third-order valence-electron chi connectivity index (χ3n) is 21.8. The summed E-state index contributed by atoms with van der Waals surface area (Å²) in [7, 11) is 2.51. The molecule has 0 aliphatic carbocycles. The number of carbonyl (C=O) groups excluding carboxylic acids is 10. The number of benzene rings is 12. The van der Waals surface area contributed by atoms with Crippen LogP contribution in [0.2, 0.25) is 0 Å².